The lowest BCUT2D eigenvalue weighted by molar-refractivity contribution is -0.143. The Morgan fingerprint density at radius 2 is 1.78 bits per heavy atom. The van der Waals surface area contributed by atoms with E-state index in [0.29, 0.717) is 5.56 Å². The van der Waals surface area contributed by atoms with Crippen molar-refractivity contribution < 1.29 is 29.7 Å². The van der Waals surface area contributed by atoms with E-state index in [1.807, 2.05) is 0 Å². The summed E-state index contributed by atoms with van der Waals surface area (Å²) in [4.78, 5) is 35.3. The van der Waals surface area contributed by atoms with Gasteiger partial charge in [0, 0.05) is 4.75 Å². The van der Waals surface area contributed by atoms with E-state index in [2.05, 4.69) is 10.6 Å². The zero-order chi connectivity index (χ0) is 19.6. The predicted molar refractivity (Wildman–Crippen MR) is 99.6 cm³/mol. The van der Waals surface area contributed by atoms with Gasteiger partial charge in [-0.05, 0) is 31.5 Å². The molecule has 0 saturated carbocycles. The zero-order valence-corrected chi connectivity index (χ0v) is 15.7. The van der Waals surface area contributed by atoms with Crippen LogP contribution in [0.3, 0.4) is 0 Å². The second-order valence-electron chi connectivity index (χ2n) is 6.47. The second kappa shape index (κ2) is 8.57. The molecule has 11 heteroatoms. The summed E-state index contributed by atoms with van der Waals surface area (Å²) in [5.41, 5.74) is 6.26. The zero-order valence-electron chi connectivity index (χ0n) is 14.9. The summed E-state index contributed by atoms with van der Waals surface area (Å²) < 4.78 is -0.756. The van der Waals surface area contributed by atoms with Gasteiger partial charge in [0.1, 0.15) is 17.8 Å². The van der Waals surface area contributed by atoms with E-state index in [9.17, 15) is 29.7 Å². The number of phenols is 1. The Hall–Kier alpha value is -2.34. The number of thioether (sulfide) groups is 1. The summed E-state index contributed by atoms with van der Waals surface area (Å²) in [7, 11) is 0. The maximum Gasteiger partial charge on any atom is 0.328 e. The van der Waals surface area contributed by atoms with E-state index in [0.717, 1.165) is 11.8 Å². The third kappa shape index (κ3) is 5.10. The molecule has 10 N–H and O–H groups in total. The van der Waals surface area contributed by atoms with Gasteiger partial charge in [0.05, 0.1) is 5.37 Å². The maximum atomic E-state index is 12.4. The number of benzene rings is 1. The minimum atomic E-state index is -1.36. The Labute approximate surface area is 160 Å². The summed E-state index contributed by atoms with van der Waals surface area (Å²) in [6, 6.07) is 2.20. The number of rotatable bonds is 6. The third-order valence-electron chi connectivity index (χ3n) is 4.11. The fourth-order valence-corrected chi connectivity index (χ4v) is 4.15. The molecule has 0 radical (unpaired) electrons. The van der Waals surface area contributed by atoms with E-state index < -0.39 is 46.1 Å². The van der Waals surface area contributed by atoms with Gasteiger partial charge in [-0.1, -0.05) is 12.1 Å². The summed E-state index contributed by atoms with van der Waals surface area (Å²) in [5.74, 6) is -3.11. The molecule has 0 unspecified atom stereocenters. The number of amides is 1. The molecule has 1 fully saturated rings. The van der Waals surface area contributed by atoms with Crippen molar-refractivity contribution in [2.24, 2.45) is 5.73 Å². The number of carbonyl (C=O) groups excluding carboxylic acids is 1. The highest BCUT2D eigenvalue weighted by molar-refractivity contribution is 8.01. The van der Waals surface area contributed by atoms with Gasteiger partial charge < -0.3 is 32.5 Å². The normalized spacial score (nSPS) is 22.9. The SMILES string of the molecule is CC1(C)S[C@H]([C@H](NC(=O)[C@H](N)c2ccc(O)cc2)C(=O)O)N[C@H]1C(=O)O.N. The molecule has 1 aromatic carbocycles. The quantitative estimate of drug-likeness (QED) is 0.341. The fraction of sp³-hybridized carbons (Fsp3) is 0.438. The van der Waals surface area contributed by atoms with Gasteiger partial charge in [0.25, 0.3) is 0 Å². The topological polar surface area (TPSA) is 197 Å². The monoisotopic (exact) mass is 400 g/mol. The Bertz CT molecular complexity index is 711. The van der Waals surface area contributed by atoms with E-state index in [4.69, 9.17) is 5.73 Å². The highest BCUT2D eigenvalue weighted by Crippen LogP contribution is 2.39. The van der Waals surface area contributed by atoms with Crippen LogP contribution in [0, 0.1) is 0 Å². The van der Waals surface area contributed by atoms with Crippen molar-refractivity contribution in [3.8, 4) is 5.75 Å². The molecule has 1 saturated heterocycles. The number of carboxylic acids is 2. The van der Waals surface area contributed by atoms with Crippen molar-refractivity contribution in [1.82, 2.24) is 16.8 Å². The van der Waals surface area contributed by atoms with Gasteiger partial charge in [-0.2, -0.15) is 0 Å². The lowest BCUT2D eigenvalue weighted by atomic mass is 10.0. The van der Waals surface area contributed by atoms with Crippen molar-refractivity contribution in [1.29, 1.82) is 0 Å². The lowest BCUT2D eigenvalue weighted by Crippen LogP contribution is -2.55. The van der Waals surface area contributed by atoms with Crippen LogP contribution in [-0.2, 0) is 14.4 Å². The molecule has 0 aromatic heterocycles. The molecule has 1 aromatic rings. The van der Waals surface area contributed by atoms with E-state index in [-0.39, 0.29) is 11.9 Å². The first-order chi connectivity index (χ1) is 12.0. The van der Waals surface area contributed by atoms with Crippen LogP contribution in [0.2, 0.25) is 0 Å². The number of hydrogen-bond donors (Lipinski definition) is 7. The maximum absolute atomic E-state index is 12.4. The first-order valence-corrected chi connectivity index (χ1v) is 8.65. The Balaban J connectivity index is 0.00000364. The molecule has 150 valence electrons. The van der Waals surface area contributed by atoms with Crippen LogP contribution in [0.1, 0.15) is 25.5 Å². The Morgan fingerprint density at radius 3 is 2.22 bits per heavy atom. The lowest BCUT2D eigenvalue weighted by Gasteiger charge is -2.23. The molecule has 0 spiro atoms. The minimum Gasteiger partial charge on any atom is -0.508 e. The Kier molecular flexibility index (Phi) is 7.20. The number of hydrogen-bond acceptors (Lipinski definition) is 8. The largest absolute Gasteiger partial charge is 0.508 e. The molecule has 1 aliphatic heterocycles. The summed E-state index contributed by atoms with van der Waals surface area (Å²) >= 11 is 1.13. The standard InChI is InChI=1S/C16H21N3O6S.H3N/c1-16(2)11(15(24)25)19-13(26-16)10(14(22)23)18-12(21)9(17)7-3-5-8(20)6-4-7;/h3-6,9-11,13,19-20H,17H2,1-2H3,(H,18,21)(H,22,23)(H,24,25);1H3/t9-,10+,11+,13-;/m1./s1. The molecule has 1 heterocycles. The average Bonchev–Trinajstić information content (AvgIpc) is 2.87. The van der Waals surface area contributed by atoms with E-state index in [1.54, 1.807) is 13.8 Å². The second-order valence-corrected chi connectivity index (χ2v) is 8.27. The van der Waals surface area contributed by atoms with Gasteiger partial charge >= 0.3 is 11.9 Å². The number of nitrogens with one attached hydrogen (secondary N) is 2. The van der Waals surface area contributed by atoms with Crippen LogP contribution in [-0.4, -0.2) is 55.4 Å². The highest BCUT2D eigenvalue weighted by Gasteiger charge is 2.49. The van der Waals surface area contributed by atoms with Crippen LogP contribution >= 0.6 is 11.8 Å². The first-order valence-electron chi connectivity index (χ1n) is 7.77. The number of carbonyl (C=O) groups is 3. The number of aliphatic carboxylic acids is 2. The van der Waals surface area contributed by atoms with Gasteiger partial charge in [0.15, 0.2) is 6.04 Å². The van der Waals surface area contributed by atoms with Crippen LogP contribution in [0.25, 0.3) is 0 Å². The number of carboxylic acid groups (broad SMARTS) is 2. The molecule has 1 aliphatic rings. The minimum absolute atomic E-state index is 0. The van der Waals surface area contributed by atoms with E-state index in [1.165, 1.54) is 24.3 Å². The molecular formula is C16H24N4O6S. The summed E-state index contributed by atoms with van der Waals surface area (Å²) in [6.45, 7) is 3.37. The van der Waals surface area contributed by atoms with Crippen molar-refractivity contribution in [3.63, 3.8) is 0 Å². The molecule has 27 heavy (non-hydrogen) atoms. The molecule has 10 nitrogen and oxygen atoms in total. The van der Waals surface area contributed by atoms with Gasteiger partial charge in [0.2, 0.25) is 5.91 Å². The van der Waals surface area contributed by atoms with Gasteiger partial charge in [-0.25, -0.2) is 4.79 Å². The first kappa shape index (κ1) is 22.7. The van der Waals surface area contributed by atoms with Crippen molar-refractivity contribution in [2.75, 3.05) is 0 Å². The molecule has 0 bridgehead atoms. The third-order valence-corrected chi connectivity index (χ3v) is 5.61. The fourth-order valence-electron chi connectivity index (χ4n) is 2.67. The predicted octanol–water partition coefficient (Wildman–Crippen LogP) is 0.0177. The van der Waals surface area contributed by atoms with Gasteiger partial charge in [-0.3, -0.25) is 14.9 Å². The highest BCUT2D eigenvalue weighted by atomic mass is 32.2. The van der Waals surface area contributed by atoms with Gasteiger partial charge in [-0.15, -0.1) is 11.8 Å². The van der Waals surface area contributed by atoms with Crippen LogP contribution in [0.4, 0.5) is 0 Å². The van der Waals surface area contributed by atoms with Crippen LogP contribution in [0.15, 0.2) is 24.3 Å². The number of nitrogens with two attached hydrogens (primary N) is 1. The molecular weight excluding hydrogens is 376 g/mol. The van der Waals surface area contributed by atoms with Crippen LogP contribution < -0.4 is 22.5 Å². The Morgan fingerprint density at radius 1 is 1.22 bits per heavy atom. The molecule has 4 atom stereocenters. The van der Waals surface area contributed by atoms with Crippen molar-refractivity contribution in [3.05, 3.63) is 29.8 Å². The molecule has 2 rings (SSSR count). The van der Waals surface area contributed by atoms with Crippen molar-refractivity contribution >= 4 is 29.6 Å². The van der Waals surface area contributed by atoms with Crippen molar-refractivity contribution in [2.45, 2.75) is 42.1 Å². The summed E-state index contributed by atoms with van der Waals surface area (Å²) in [5, 5.41) is 32.3. The summed E-state index contributed by atoms with van der Waals surface area (Å²) in [6.07, 6.45) is 0. The number of aromatic hydroxyl groups is 1. The average molecular weight is 400 g/mol. The van der Waals surface area contributed by atoms with Crippen LogP contribution in [0.5, 0.6) is 5.75 Å². The van der Waals surface area contributed by atoms with E-state index >= 15 is 0 Å². The molecule has 1 amide bonds. The number of phenolic OH excluding ortho intramolecular Hbond substituents is 1. The smallest absolute Gasteiger partial charge is 0.328 e. The molecule has 0 aliphatic carbocycles.